The van der Waals surface area contributed by atoms with Crippen molar-refractivity contribution in [3.8, 4) is 22.3 Å². The molecule has 36 heavy (non-hydrogen) atoms. The van der Waals surface area contributed by atoms with Crippen molar-refractivity contribution in [1.29, 1.82) is 0 Å². The molecule has 0 amide bonds. The summed E-state index contributed by atoms with van der Waals surface area (Å²) in [6.45, 7) is 0. The molecule has 180 valence electrons. The summed E-state index contributed by atoms with van der Waals surface area (Å²) in [5.74, 6) is 0. The highest BCUT2D eigenvalue weighted by atomic mass is 35.6. The number of halogens is 6. The van der Waals surface area contributed by atoms with Crippen molar-refractivity contribution in [3.05, 3.63) is 96.1 Å². The number of hydrogen-bond donors (Lipinski definition) is 0. The van der Waals surface area contributed by atoms with Crippen LogP contribution in [0.5, 0.6) is 0 Å². The van der Waals surface area contributed by atoms with E-state index in [4.69, 9.17) is 69.6 Å². The van der Waals surface area contributed by atoms with Crippen molar-refractivity contribution in [2.45, 2.75) is 7.59 Å². The van der Waals surface area contributed by atoms with Crippen molar-refractivity contribution in [2.24, 2.45) is 0 Å². The Labute approximate surface area is 245 Å². The zero-order valence-electron chi connectivity index (χ0n) is 18.2. The zero-order chi connectivity index (χ0) is 25.2. The first kappa shape index (κ1) is 25.1. The third-order valence-electron chi connectivity index (χ3n) is 6.17. The van der Waals surface area contributed by atoms with E-state index in [0.717, 1.165) is 22.3 Å². The summed E-state index contributed by atoms with van der Waals surface area (Å²) >= 11 is 39.7. The summed E-state index contributed by atoms with van der Waals surface area (Å²) in [5.41, 5.74) is 5.75. The van der Waals surface area contributed by atoms with Crippen LogP contribution in [0.25, 0.3) is 51.8 Å². The van der Waals surface area contributed by atoms with E-state index in [2.05, 4.69) is 36.4 Å². The maximum atomic E-state index is 6.00. The number of benzene rings is 4. The zero-order valence-corrected chi connectivity index (χ0v) is 24.3. The molecule has 0 nitrogen and oxygen atoms in total. The fourth-order valence-corrected chi connectivity index (χ4v) is 7.81. The molecule has 0 aliphatic rings. The van der Waals surface area contributed by atoms with Crippen molar-refractivity contribution in [3.63, 3.8) is 0 Å². The van der Waals surface area contributed by atoms with E-state index >= 15 is 0 Å². The Kier molecular flexibility index (Phi) is 6.43. The maximum Gasteiger partial charge on any atom is 0.216 e. The normalized spacial score (nSPS) is 12.7. The summed E-state index contributed by atoms with van der Waals surface area (Å²) in [6, 6.07) is 28.6. The first-order chi connectivity index (χ1) is 17.1. The van der Waals surface area contributed by atoms with Gasteiger partial charge >= 0.3 is 0 Å². The highest BCUT2D eigenvalue weighted by Gasteiger charge is 2.23. The largest absolute Gasteiger partial charge is 0.216 e. The molecule has 8 heteroatoms. The standard InChI is InChI=1S/C28H14Cl6S2/c29-27(30,31)19-7-1-15(2-8-19)17-5-11-21-23(13-17)35-26-22-12-6-18(14-24(22)36-25(21)26)16-3-9-20(10-4-16)28(32,33)34/h1-14H. The first-order valence-corrected chi connectivity index (χ1v) is 14.7. The molecule has 0 bridgehead atoms. The average Bonchev–Trinajstić information content (AvgIpc) is 3.38. The minimum Gasteiger partial charge on any atom is -0.134 e. The van der Waals surface area contributed by atoms with Crippen LogP contribution in [0.2, 0.25) is 0 Å². The van der Waals surface area contributed by atoms with Crippen LogP contribution in [0.15, 0.2) is 84.9 Å². The Bertz CT molecular complexity index is 1600. The van der Waals surface area contributed by atoms with E-state index in [0.29, 0.717) is 11.1 Å². The summed E-state index contributed by atoms with van der Waals surface area (Å²) in [5, 5.41) is 2.54. The van der Waals surface area contributed by atoms with Gasteiger partial charge in [-0.2, -0.15) is 0 Å². The van der Waals surface area contributed by atoms with Crippen LogP contribution in [0.4, 0.5) is 0 Å². The lowest BCUT2D eigenvalue weighted by Gasteiger charge is -2.11. The number of alkyl halides is 6. The van der Waals surface area contributed by atoms with Crippen LogP contribution in [0.3, 0.4) is 0 Å². The Morgan fingerprint density at radius 3 is 1.08 bits per heavy atom. The van der Waals surface area contributed by atoms with Gasteiger partial charge < -0.3 is 0 Å². The highest BCUT2D eigenvalue weighted by molar-refractivity contribution is 7.36. The van der Waals surface area contributed by atoms with Gasteiger partial charge in [-0.05, 0) is 34.4 Å². The smallest absolute Gasteiger partial charge is 0.134 e. The topological polar surface area (TPSA) is 0 Å². The van der Waals surface area contributed by atoms with Gasteiger partial charge in [0.15, 0.2) is 0 Å². The molecule has 2 heterocycles. The van der Waals surface area contributed by atoms with Gasteiger partial charge in [-0.25, -0.2) is 0 Å². The van der Waals surface area contributed by atoms with Crippen LogP contribution >= 0.6 is 92.3 Å². The van der Waals surface area contributed by atoms with Crippen molar-refractivity contribution in [2.75, 3.05) is 0 Å². The molecule has 6 aromatic rings. The minimum atomic E-state index is -1.42. The van der Waals surface area contributed by atoms with Crippen LogP contribution in [0, 0.1) is 0 Å². The number of thiophene rings is 2. The van der Waals surface area contributed by atoms with Gasteiger partial charge in [-0.3, -0.25) is 0 Å². The van der Waals surface area contributed by atoms with E-state index in [1.165, 1.54) is 29.6 Å². The molecule has 6 rings (SSSR count). The van der Waals surface area contributed by atoms with Crippen LogP contribution in [-0.4, -0.2) is 0 Å². The fraction of sp³-hybridized carbons (Fsp3) is 0.0714. The number of hydrogen-bond acceptors (Lipinski definition) is 2. The van der Waals surface area contributed by atoms with Gasteiger partial charge in [0.25, 0.3) is 0 Å². The van der Waals surface area contributed by atoms with Crippen molar-refractivity contribution >= 4 is 122 Å². The van der Waals surface area contributed by atoms with Crippen molar-refractivity contribution < 1.29 is 0 Å². The third kappa shape index (κ3) is 4.61. The monoisotopic (exact) mass is 624 g/mol. The van der Waals surface area contributed by atoms with Gasteiger partial charge in [0.05, 0.1) is 9.40 Å². The molecule has 0 saturated heterocycles. The van der Waals surface area contributed by atoms with Gasteiger partial charge in [0.1, 0.15) is 0 Å². The van der Waals surface area contributed by atoms with Crippen molar-refractivity contribution in [1.82, 2.24) is 0 Å². The third-order valence-corrected chi connectivity index (χ3v) is 9.98. The quantitative estimate of drug-likeness (QED) is 0.168. The maximum absolute atomic E-state index is 6.00. The van der Waals surface area contributed by atoms with E-state index in [1.54, 1.807) is 0 Å². The second kappa shape index (κ2) is 9.22. The molecule has 2 aromatic heterocycles. The summed E-state index contributed by atoms with van der Waals surface area (Å²) in [7, 11) is 0. The minimum absolute atomic E-state index is 0.654. The van der Waals surface area contributed by atoms with E-state index in [-0.39, 0.29) is 0 Å². The molecule has 0 N–H and O–H groups in total. The molecule has 4 aromatic carbocycles. The highest BCUT2D eigenvalue weighted by Crippen LogP contribution is 2.46. The second-order valence-electron chi connectivity index (χ2n) is 8.43. The number of fused-ring (bicyclic) bond motifs is 5. The van der Waals surface area contributed by atoms with Crippen LogP contribution in [-0.2, 0) is 7.59 Å². The lowest BCUT2D eigenvalue weighted by Crippen LogP contribution is -1.98. The summed E-state index contributed by atoms with van der Waals surface area (Å²) in [6.07, 6.45) is 0. The molecule has 0 radical (unpaired) electrons. The lowest BCUT2D eigenvalue weighted by molar-refractivity contribution is 1.24. The van der Waals surface area contributed by atoms with E-state index in [1.807, 2.05) is 71.2 Å². The first-order valence-electron chi connectivity index (χ1n) is 10.8. The molecule has 0 aliphatic carbocycles. The molecule has 0 unspecified atom stereocenters. The molecule has 0 saturated carbocycles. The van der Waals surface area contributed by atoms with E-state index < -0.39 is 7.59 Å². The molecule has 0 atom stereocenters. The summed E-state index contributed by atoms with van der Waals surface area (Å²) in [4.78, 5) is 0. The van der Waals surface area contributed by atoms with Gasteiger partial charge in [-0.15, -0.1) is 22.7 Å². The molecule has 0 aliphatic heterocycles. The molecule has 0 spiro atoms. The second-order valence-corrected chi connectivity index (χ2v) is 15.1. The van der Waals surface area contributed by atoms with E-state index in [9.17, 15) is 0 Å². The fourth-order valence-electron chi connectivity index (χ4n) is 4.32. The Hall–Kier alpha value is -1.20. The molecular weight excluding hydrogens is 613 g/mol. The Morgan fingerprint density at radius 2 is 0.750 bits per heavy atom. The van der Waals surface area contributed by atoms with Crippen LogP contribution < -0.4 is 0 Å². The molecule has 0 fully saturated rings. The Morgan fingerprint density at radius 1 is 0.417 bits per heavy atom. The SMILES string of the molecule is ClC(Cl)(Cl)c1ccc(-c2ccc3c(c2)sc2c4ccc(-c5ccc(C(Cl)(Cl)Cl)cc5)cc4sc32)cc1. The average molecular weight is 627 g/mol. The Balaban J connectivity index is 1.37. The van der Waals surface area contributed by atoms with Gasteiger partial charge in [0.2, 0.25) is 7.59 Å². The lowest BCUT2D eigenvalue weighted by atomic mass is 10.0. The predicted molar refractivity (Wildman–Crippen MR) is 164 cm³/mol. The number of rotatable bonds is 2. The van der Waals surface area contributed by atoms with Gasteiger partial charge in [0, 0.05) is 31.3 Å². The summed E-state index contributed by atoms with van der Waals surface area (Å²) < 4.78 is 2.30. The molecular formula is C28H14Cl6S2. The van der Waals surface area contributed by atoms with Gasteiger partial charge in [-0.1, -0.05) is 142 Å². The van der Waals surface area contributed by atoms with Crippen LogP contribution in [0.1, 0.15) is 11.1 Å². The predicted octanol–water partition coefficient (Wildman–Crippen LogP) is 12.3.